The molecule has 0 spiro atoms. The van der Waals surface area contributed by atoms with E-state index in [4.69, 9.17) is 4.74 Å². The summed E-state index contributed by atoms with van der Waals surface area (Å²) in [6, 6.07) is 22.0. The second-order valence-electron chi connectivity index (χ2n) is 7.01. The lowest BCUT2D eigenvalue weighted by atomic mass is 10.2. The first-order chi connectivity index (χ1) is 15.1. The molecule has 3 aromatic carbocycles. The molecule has 7 heteroatoms. The normalized spacial score (nSPS) is 10.7. The van der Waals surface area contributed by atoms with Crippen LogP contribution in [-0.2, 0) is 11.2 Å². The van der Waals surface area contributed by atoms with E-state index in [0.29, 0.717) is 47.4 Å². The average Bonchev–Trinajstić information content (AvgIpc) is 2.77. The highest BCUT2D eigenvalue weighted by atomic mass is 79.9. The van der Waals surface area contributed by atoms with Crippen LogP contribution in [0.4, 0.5) is 5.69 Å². The van der Waals surface area contributed by atoms with Crippen molar-refractivity contribution in [2.24, 2.45) is 0 Å². The number of halogens is 1. The quantitative estimate of drug-likeness (QED) is 0.371. The highest BCUT2D eigenvalue weighted by Gasteiger charge is 2.07. The Kier molecular flexibility index (Phi) is 6.43. The van der Waals surface area contributed by atoms with Crippen molar-refractivity contribution < 1.29 is 9.53 Å². The maximum Gasteiger partial charge on any atom is 0.258 e. The summed E-state index contributed by atoms with van der Waals surface area (Å²) in [6.45, 7) is 0. The molecule has 2 N–H and O–H groups in total. The Hall–Kier alpha value is -3.45. The second-order valence-corrected chi connectivity index (χ2v) is 7.93. The van der Waals surface area contributed by atoms with Crippen molar-refractivity contribution in [2.75, 3.05) is 5.32 Å². The third-order valence-corrected chi connectivity index (χ3v) is 5.20. The molecule has 1 heterocycles. The molecule has 1 amide bonds. The summed E-state index contributed by atoms with van der Waals surface area (Å²) < 4.78 is 6.76. The van der Waals surface area contributed by atoms with Crippen molar-refractivity contribution in [3.8, 4) is 11.5 Å². The molecule has 0 aliphatic carbocycles. The highest BCUT2D eigenvalue weighted by molar-refractivity contribution is 9.10. The molecule has 0 saturated heterocycles. The summed E-state index contributed by atoms with van der Waals surface area (Å²) in [6.07, 6.45) is 1.43. The van der Waals surface area contributed by atoms with Gasteiger partial charge in [-0.05, 0) is 67.1 Å². The van der Waals surface area contributed by atoms with Crippen LogP contribution in [0.3, 0.4) is 0 Å². The van der Waals surface area contributed by atoms with E-state index in [9.17, 15) is 9.59 Å². The summed E-state index contributed by atoms with van der Waals surface area (Å²) in [5.74, 6) is 1.92. The zero-order chi connectivity index (χ0) is 21.6. The summed E-state index contributed by atoms with van der Waals surface area (Å²) in [4.78, 5) is 31.6. The first-order valence-corrected chi connectivity index (χ1v) is 10.7. The van der Waals surface area contributed by atoms with Crippen LogP contribution in [0.1, 0.15) is 18.7 Å². The fourth-order valence-corrected chi connectivity index (χ4v) is 3.40. The molecule has 1 aromatic heterocycles. The van der Waals surface area contributed by atoms with Crippen LogP contribution in [0.15, 0.2) is 82.1 Å². The van der Waals surface area contributed by atoms with Gasteiger partial charge in [-0.2, -0.15) is 0 Å². The standard InChI is InChI=1S/C24H20BrN3O3/c25-16-8-12-18(13-9-16)31-19-14-10-17(11-15-19)26-23(29)7-3-6-22-27-21-5-2-1-4-20(21)24(30)28-22/h1-2,4-5,8-15H,3,6-7H2,(H,26,29)(H,27,28,30). The molecule has 4 rings (SSSR count). The Morgan fingerprint density at radius 3 is 2.39 bits per heavy atom. The number of ether oxygens (including phenoxy) is 1. The summed E-state index contributed by atoms with van der Waals surface area (Å²) in [5.41, 5.74) is 1.21. The number of aromatic nitrogens is 2. The Morgan fingerprint density at radius 2 is 1.65 bits per heavy atom. The van der Waals surface area contributed by atoms with Gasteiger partial charge in [-0.1, -0.05) is 28.1 Å². The topological polar surface area (TPSA) is 84.1 Å². The number of carbonyl (C=O) groups excluding carboxylic acids is 1. The molecule has 31 heavy (non-hydrogen) atoms. The molecule has 0 aliphatic heterocycles. The average molecular weight is 478 g/mol. The minimum atomic E-state index is -0.157. The van der Waals surface area contributed by atoms with E-state index in [1.54, 1.807) is 30.3 Å². The fourth-order valence-electron chi connectivity index (χ4n) is 3.14. The SMILES string of the molecule is O=C(CCCc1nc2ccccc2c(=O)[nH]1)Nc1ccc(Oc2ccc(Br)cc2)cc1. The molecule has 0 saturated carbocycles. The fraction of sp³-hybridized carbons (Fsp3) is 0.125. The number of nitrogens with zero attached hydrogens (tertiary/aromatic N) is 1. The largest absolute Gasteiger partial charge is 0.457 e. The Bertz CT molecular complexity index is 1250. The molecule has 0 aliphatic rings. The van der Waals surface area contributed by atoms with E-state index in [2.05, 4.69) is 31.2 Å². The van der Waals surface area contributed by atoms with E-state index in [1.807, 2.05) is 42.5 Å². The van der Waals surface area contributed by atoms with E-state index < -0.39 is 0 Å². The van der Waals surface area contributed by atoms with E-state index in [0.717, 1.165) is 10.2 Å². The maximum atomic E-state index is 12.3. The van der Waals surface area contributed by atoms with Crippen LogP contribution >= 0.6 is 15.9 Å². The van der Waals surface area contributed by atoms with E-state index in [1.165, 1.54) is 0 Å². The molecular weight excluding hydrogens is 458 g/mol. The molecule has 0 bridgehead atoms. The van der Waals surface area contributed by atoms with Gasteiger partial charge in [0.15, 0.2) is 0 Å². The molecule has 156 valence electrons. The first-order valence-electron chi connectivity index (χ1n) is 9.88. The van der Waals surface area contributed by atoms with Crippen molar-refractivity contribution in [1.29, 1.82) is 0 Å². The molecule has 0 radical (unpaired) electrons. The van der Waals surface area contributed by atoms with Crippen molar-refractivity contribution in [1.82, 2.24) is 9.97 Å². The second kappa shape index (κ2) is 9.57. The van der Waals surface area contributed by atoms with Gasteiger partial charge in [0.25, 0.3) is 5.56 Å². The van der Waals surface area contributed by atoms with Gasteiger partial charge >= 0.3 is 0 Å². The van der Waals surface area contributed by atoms with E-state index in [-0.39, 0.29) is 11.5 Å². The van der Waals surface area contributed by atoms with Gasteiger partial charge in [-0.15, -0.1) is 0 Å². The zero-order valence-corrected chi connectivity index (χ0v) is 18.2. The van der Waals surface area contributed by atoms with Gasteiger partial charge in [0.1, 0.15) is 17.3 Å². The van der Waals surface area contributed by atoms with Crippen molar-refractivity contribution in [3.63, 3.8) is 0 Å². The number of carbonyl (C=O) groups is 1. The Morgan fingerprint density at radius 1 is 0.968 bits per heavy atom. The Balaban J connectivity index is 1.28. The van der Waals surface area contributed by atoms with Gasteiger partial charge in [0.2, 0.25) is 5.91 Å². The van der Waals surface area contributed by atoms with Crippen LogP contribution in [-0.4, -0.2) is 15.9 Å². The molecule has 4 aromatic rings. The minimum Gasteiger partial charge on any atom is -0.457 e. The molecule has 6 nitrogen and oxygen atoms in total. The van der Waals surface area contributed by atoms with Crippen LogP contribution in [0.2, 0.25) is 0 Å². The number of benzene rings is 3. The summed E-state index contributed by atoms with van der Waals surface area (Å²) in [5, 5.41) is 3.44. The van der Waals surface area contributed by atoms with Crippen molar-refractivity contribution in [2.45, 2.75) is 19.3 Å². The number of aryl methyl sites for hydroxylation is 1. The van der Waals surface area contributed by atoms with Gasteiger partial charge in [0.05, 0.1) is 10.9 Å². The van der Waals surface area contributed by atoms with Crippen LogP contribution in [0.5, 0.6) is 11.5 Å². The number of H-pyrrole nitrogens is 1. The van der Waals surface area contributed by atoms with Crippen LogP contribution in [0.25, 0.3) is 10.9 Å². The first kappa shape index (κ1) is 20.8. The predicted octanol–water partition coefficient (Wildman–Crippen LogP) is 5.44. The molecule has 0 unspecified atom stereocenters. The number of hydrogen-bond acceptors (Lipinski definition) is 4. The smallest absolute Gasteiger partial charge is 0.258 e. The lowest BCUT2D eigenvalue weighted by Gasteiger charge is -2.08. The number of para-hydroxylation sites is 1. The molecular formula is C24H20BrN3O3. The number of rotatable bonds is 7. The number of fused-ring (bicyclic) bond motifs is 1. The highest BCUT2D eigenvalue weighted by Crippen LogP contribution is 2.24. The molecule has 0 atom stereocenters. The van der Waals surface area contributed by atoms with Crippen LogP contribution in [0, 0.1) is 0 Å². The lowest BCUT2D eigenvalue weighted by molar-refractivity contribution is -0.116. The number of anilines is 1. The third kappa shape index (κ3) is 5.58. The Labute approximate surface area is 187 Å². The van der Waals surface area contributed by atoms with Gasteiger partial charge in [-0.3, -0.25) is 9.59 Å². The number of nitrogens with one attached hydrogen (secondary N) is 2. The minimum absolute atomic E-state index is 0.0929. The monoisotopic (exact) mass is 477 g/mol. The number of aromatic amines is 1. The van der Waals surface area contributed by atoms with Gasteiger partial charge in [0, 0.05) is 23.0 Å². The number of hydrogen-bond donors (Lipinski definition) is 2. The van der Waals surface area contributed by atoms with Crippen LogP contribution < -0.4 is 15.6 Å². The van der Waals surface area contributed by atoms with Gasteiger partial charge in [-0.25, -0.2) is 4.98 Å². The zero-order valence-electron chi connectivity index (χ0n) is 16.6. The maximum absolute atomic E-state index is 12.3. The van der Waals surface area contributed by atoms with E-state index >= 15 is 0 Å². The lowest BCUT2D eigenvalue weighted by Crippen LogP contribution is -2.14. The summed E-state index contributed by atoms with van der Waals surface area (Å²) in [7, 11) is 0. The molecule has 0 fully saturated rings. The van der Waals surface area contributed by atoms with Crippen molar-refractivity contribution >= 4 is 38.4 Å². The summed E-state index contributed by atoms with van der Waals surface area (Å²) >= 11 is 3.39. The van der Waals surface area contributed by atoms with Gasteiger partial charge < -0.3 is 15.0 Å². The van der Waals surface area contributed by atoms with Crippen molar-refractivity contribution in [3.05, 3.63) is 93.4 Å². The predicted molar refractivity (Wildman–Crippen MR) is 125 cm³/mol. The third-order valence-electron chi connectivity index (χ3n) is 4.67. The number of amides is 1.